The molecule has 3 rings (SSSR count). The third kappa shape index (κ3) is 5.33. The van der Waals surface area contributed by atoms with Gasteiger partial charge in [0.15, 0.2) is 0 Å². The van der Waals surface area contributed by atoms with Crippen molar-refractivity contribution in [1.29, 1.82) is 0 Å². The second kappa shape index (κ2) is 8.67. The fourth-order valence-electron chi connectivity index (χ4n) is 3.41. The number of hydrogen-bond donors (Lipinski definition) is 2. The number of nitrogen functional groups attached to an aromatic ring is 1. The van der Waals surface area contributed by atoms with Crippen LogP contribution in [0.1, 0.15) is 24.0 Å². The van der Waals surface area contributed by atoms with Gasteiger partial charge in [-0.1, -0.05) is 42.5 Å². The first-order chi connectivity index (χ1) is 12.2. The monoisotopic (exact) mass is 337 g/mol. The van der Waals surface area contributed by atoms with Gasteiger partial charge in [0.2, 0.25) is 5.91 Å². The van der Waals surface area contributed by atoms with Crippen LogP contribution in [0.5, 0.6) is 0 Å². The molecule has 0 spiro atoms. The molecule has 2 aromatic carbocycles. The van der Waals surface area contributed by atoms with E-state index in [1.807, 2.05) is 30.3 Å². The van der Waals surface area contributed by atoms with Crippen LogP contribution in [-0.2, 0) is 17.8 Å². The Hall–Kier alpha value is -2.33. The molecule has 1 aliphatic heterocycles. The molecule has 132 valence electrons. The maximum absolute atomic E-state index is 12.5. The van der Waals surface area contributed by atoms with Crippen molar-refractivity contribution in [2.75, 3.05) is 25.4 Å². The highest BCUT2D eigenvalue weighted by molar-refractivity contribution is 5.79. The van der Waals surface area contributed by atoms with Crippen LogP contribution in [0.2, 0.25) is 0 Å². The molecule has 0 saturated carbocycles. The fraction of sp³-hybridized carbons (Fsp3) is 0.381. The molecule has 0 aromatic heterocycles. The lowest BCUT2D eigenvalue weighted by atomic mass is 9.96. The van der Waals surface area contributed by atoms with E-state index in [-0.39, 0.29) is 11.8 Å². The molecule has 1 unspecified atom stereocenters. The van der Waals surface area contributed by atoms with E-state index in [2.05, 4.69) is 34.5 Å². The number of piperidine rings is 1. The second-order valence-electron chi connectivity index (χ2n) is 6.84. The number of amides is 1. The SMILES string of the molecule is Nc1ccc(CCNC(=O)C2CCCN(Cc3ccccc3)C2)cc1. The Bertz CT molecular complexity index is 669. The molecule has 1 aliphatic rings. The average molecular weight is 337 g/mol. The number of carbonyl (C=O) groups excluding carboxylic acids is 1. The van der Waals surface area contributed by atoms with Gasteiger partial charge in [-0.2, -0.15) is 0 Å². The van der Waals surface area contributed by atoms with E-state index in [1.165, 1.54) is 11.1 Å². The topological polar surface area (TPSA) is 58.4 Å². The summed E-state index contributed by atoms with van der Waals surface area (Å²) in [6.07, 6.45) is 2.91. The molecular weight excluding hydrogens is 310 g/mol. The number of anilines is 1. The Morgan fingerprint density at radius 1 is 1.08 bits per heavy atom. The van der Waals surface area contributed by atoms with Crippen LogP contribution in [0.4, 0.5) is 5.69 Å². The van der Waals surface area contributed by atoms with Crippen molar-refractivity contribution in [2.24, 2.45) is 5.92 Å². The van der Waals surface area contributed by atoms with Gasteiger partial charge in [0.1, 0.15) is 0 Å². The number of benzene rings is 2. The number of nitrogens with zero attached hydrogens (tertiary/aromatic N) is 1. The Balaban J connectivity index is 1.44. The number of carbonyl (C=O) groups is 1. The van der Waals surface area contributed by atoms with Gasteiger partial charge in [0, 0.05) is 25.3 Å². The standard InChI is InChI=1S/C21H27N3O/c22-20-10-8-17(9-11-20)12-13-23-21(25)19-7-4-14-24(16-19)15-18-5-2-1-3-6-18/h1-3,5-6,8-11,19H,4,7,12-16,22H2,(H,23,25). The average Bonchev–Trinajstić information content (AvgIpc) is 2.64. The zero-order valence-corrected chi connectivity index (χ0v) is 14.7. The van der Waals surface area contributed by atoms with E-state index in [0.29, 0.717) is 6.54 Å². The zero-order valence-electron chi connectivity index (χ0n) is 14.7. The van der Waals surface area contributed by atoms with Crippen molar-refractivity contribution in [1.82, 2.24) is 10.2 Å². The molecule has 1 atom stereocenters. The summed E-state index contributed by atoms with van der Waals surface area (Å²) < 4.78 is 0. The van der Waals surface area contributed by atoms with Crippen LogP contribution in [-0.4, -0.2) is 30.4 Å². The summed E-state index contributed by atoms with van der Waals surface area (Å²) in [5.74, 6) is 0.289. The highest BCUT2D eigenvalue weighted by Gasteiger charge is 2.25. The Morgan fingerprint density at radius 2 is 1.84 bits per heavy atom. The van der Waals surface area contributed by atoms with Crippen LogP contribution < -0.4 is 11.1 Å². The maximum Gasteiger partial charge on any atom is 0.224 e. The third-order valence-electron chi connectivity index (χ3n) is 4.82. The molecule has 0 aliphatic carbocycles. The number of hydrogen-bond acceptors (Lipinski definition) is 3. The van der Waals surface area contributed by atoms with Crippen LogP contribution in [0.3, 0.4) is 0 Å². The summed E-state index contributed by atoms with van der Waals surface area (Å²) in [7, 11) is 0. The van der Waals surface area contributed by atoms with Gasteiger partial charge in [-0.3, -0.25) is 9.69 Å². The minimum absolute atomic E-state index is 0.101. The first-order valence-electron chi connectivity index (χ1n) is 9.09. The van der Waals surface area contributed by atoms with Crippen LogP contribution in [0, 0.1) is 5.92 Å². The Morgan fingerprint density at radius 3 is 2.60 bits per heavy atom. The van der Waals surface area contributed by atoms with Gasteiger partial charge in [-0.25, -0.2) is 0 Å². The van der Waals surface area contributed by atoms with Crippen LogP contribution >= 0.6 is 0 Å². The summed E-state index contributed by atoms with van der Waals surface area (Å²) in [6, 6.07) is 18.3. The van der Waals surface area contributed by atoms with Gasteiger partial charge in [0.25, 0.3) is 0 Å². The number of rotatable bonds is 6. The summed E-state index contributed by atoms with van der Waals surface area (Å²) in [5.41, 5.74) is 8.98. The van der Waals surface area contributed by atoms with Crippen molar-refractivity contribution >= 4 is 11.6 Å². The Labute approximate surface area is 150 Å². The van der Waals surface area contributed by atoms with E-state index >= 15 is 0 Å². The van der Waals surface area contributed by atoms with E-state index in [0.717, 1.165) is 44.6 Å². The zero-order chi connectivity index (χ0) is 17.5. The van der Waals surface area contributed by atoms with E-state index in [1.54, 1.807) is 0 Å². The summed E-state index contributed by atoms with van der Waals surface area (Å²) in [4.78, 5) is 14.9. The predicted molar refractivity (Wildman–Crippen MR) is 102 cm³/mol. The maximum atomic E-state index is 12.5. The number of likely N-dealkylation sites (tertiary alicyclic amines) is 1. The number of nitrogens with two attached hydrogens (primary N) is 1. The van der Waals surface area contributed by atoms with Crippen molar-refractivity contribution < 1.29 is 4.79 Å². The third-order valence-corrected chi connectivity index (χ3v) is 4.82. The van der Waals surface area contributed by atoms with Gasteiger partial charge in [-0.15, -0.1) is 0 Å². The molecular formula is C21H27N3O. The van der Waals surface area contributed by atoms with Crippen molar-refractivity contribution in [3.63, 3.8) is 0 Å². The molecule has 25 heavy (non-hydrogen) atoms. The van der Waals surface area contributed by atoms with Crippen LogP contribution in [0.15, 0.2) is 54.6 Å². The lowest BCUT2D eigenvalue weighted by Gasteiger charge is -2.32. The summed E-state index contributed by atoms with van der Waals surface area (Å²) >= 11 is 0. The first kappa shape index (κ1) is 17.5. The summed E-state index contributed by atoms with van der Waals surface area (Å²) in [5, 5.41) is 3.10. The normalized spacial score (nSPS) is 18.0. The molecule has 4 nitrogen and oxygen atoms in total. The molecule has 2 aromatic rings. The smallest absolute Gasteiger partial charge is 0.224 e. The molecule has 0 bridgehead atoms. The van der Waals surface area contributed by atoms with Crippen LogP contribution in [0.25, 0.3) is 0 Å². The van der Waals surface area contributed by atoms with Gasteiger partial charge in [-0.05, 0) is 49.1 Å². The van der Waals surface area contributed by atoms with Gasteiger partial charge >= 0.3 is 0 Å². The fourth-order valence-corrected chi connectivity index (χ4v) is 3.41. The largest absolute Gasteiger partial charge is 0.399 e. The minimum atomic E-state index is 0.101. The predicted octanol–water partition coefficient (Wildman–Crippen LogP) is 2.84. The Kier molecular flexibility index (Phi) is 6.07. The quantitative estimate of drug-likeness (QED) is 0.797. The minimum Gasteiger partial charge on any atom is -0.399 e. The molecule has 1 fully saturated rings. The van der Waals surface area contributed by atoms with Gasteiger partial charge < -0.3 is 11.1 Å². The molecule has 1 heterocycles. The number of nitrogens with one attached hydrogen (secondary N) is 1. The summed E-state index contributed by atoms with van der Waals surface area (Å²) in [6.45, 7) is 3.53. The lowest BCUT2D eigenvalue weighted by molar-refractivity contribution is -0.126. The van der Waals surface area contributed by atoms with Crippen molar-refractivity contribution in [3.05, 3.63) is 65.7 Å². The molecule has 4 heteroatoms. The molecule has 0 radical (unpaired) electrons. The second-order valence-corrected chi connectivity index (χ2v) is 6.84. The van der Waals surface area contributed by atoms with Crippen molar-refractivity contribution in [3.8, 4) is 0 Å². The highest BCUT2D eigenvalue weighted by Crippen LogP contribution is 2.18. The van der Waals surface area contributed by atoms with E-state index < -0.39 is 0 Å². The molecule has 1 saturated heterocycles. The van der Waals surface area contributed by atoms with E-state index in [9.17, 15) is 4.79 Å². The van der Waals surface area contributed by atoms with E-state index in [4.69, 9.17) is 5.73 Å². The van der Waals surface area contributed by atoms with Crippen molar-refractivity contribution in [2.45, 2.75) is 25.8 Å². The molecule has 1 amide bonds. The highest BCUT2D eigenvalue weighted by atomic mass is 16.1. The first-order valence-corrected chi connectivity index (χ1v) is 9.09. The molecule has 3 N–H and O–H groups in total. The van der Waals surface area contributed by atoms with Gasteiger partial charge in [0.05, 0.1) is 5.92 Å². The lowest BCUT2D eigenvalue weighted by Crippen LogP contribution is -2.43.